The van der Waals surface area contributed by atoms with Gasteiger partial charge in [0.05, 0.1) is 0 Å². The molecule has 15 heavy (non-hydrogen) atoms. The maximum atomic E-state index is 6.19. The van der Waals surface area contributed by atoms with Crippen molar-refractivity contribution in [2.45, 2.75) is 52.0 Å². The Balaban J connectivity index is 2.31. The second-order valence-corrected chi connectivity index (χ2v) is 4.70. The van der Waals surface area contributed by atoms with Gasteiger partial charge < -0.3 is 0 Å². The Morgan fingerprint density at radius 2 is 2.20 bits per heavy atom. The lowest BCUT2D eigenvalue weighted by Crippen LogP contribution is -2.09. The molecule has 1 heterocycles. The molecule has 0 fully saturated rings. The van der Waals surface area contributed by atoms with Gasteiger partial charge >= 0.3 is 0 Å². The molecule has 0 radical (unpaired) electrons. The van der Waals surface area contributed by atoms with Gasteiger partial charge in [-0.2, -0.15) is 5.10 Å². The molecule has 0 aliphatic carbocycles. The Kier molecular flexibility index (Phi) is 5.09. The Morgan fingerprint density at radius 1 is 1.47 bits per heavy atom. The monoisotopic (exact) mass is 229 g/mol. The highest BCUT2D eigenvalue weighted by Crippen LogP contribution is 2.16. The van der Waals surface area contributed by atoms with Crippen LogP contribution < -0.4 is 0 Å². The van der Waals surface area contributed by atoms with Crippen LogP contribution in [0.4, 0.5) is 0 Å². The summed E-state index contributed by atoms with van der Waals surface area (Å²) in [5.41, 5.74) is 0. The molecule has 0 saturated heterocycles. The van der Waals surface area contributed by atoms with Crippen LogP contribution in [0, 0.1) is 5.92 Å². The number of nitrogens with zero attached hydrogens (tertiary/aromatic N) is 3. The molecule has 1 rings (SSSR count). The molecule has 0 spiro atoms. The van der Waals surface area contributed by atoms with Crippen LogP contribution in [0.3, 0.4) is 0 Å². The van der Waals surface area contributed by atoms with Crippen molar-refractivity contribution in [2.75, 3.05) is 0 Å². The van der Waals surface area contributed by atoms with Gasteiger partial charge in [0.2, 0.25) is 0 Å². The summed E-state index contributed by atoms with van der Waals surface area (Å²) >= 11 is 6.19. The van der Waals surface area contributed by atoms with Crippen LogP contribution in [0.1, 0.15) is 39.4 Å². The van der Waals surface area contributed by atoms with E-state index in [1.54, 1.807) is 6.33 Å². The summed E-state index contributed by atoms with van der Waals surface area (Å²) in [4.78, 5) is 4.24. The highest BCUT2D eigenvalue weighted by molar-refractivity contribution is 6.20. The molecule has 0 N–H and O–H groups in total. The first-order valence-corrected chi connectivity index (χ1v) is 6.09. The third-order valence-corrected chi connectivity index (χ3v) is 3.32. The SMILES string of the molecule is CCn1ncnc1CCCC(Cl)C(C)C. The van der Waals surface area contributed by atoms with E-state index in [1.165, 1.54) is 0 Å². The third-order valence-electron chi connectivity index (χ3n) is 2.60. The predicted octanol–water partition coefficient (Wildman–Crippen LogP) is 2.88. The first-order valence-electron chi connectivity index (χ1n) is 5.65. The fourth-order valence-electron chi connectivity index (χ4n) is 1.53. The number of aromatic nitrogens is 3. The molecule has 0 saturated carbocycles. The summed E-state index contributed by atoms with van der Waals surface area (Å²) in [7, 11) is 0. The van der Waals surface area contributed by atoms with Gasteiger partial charge in [0.25, 0.3) is 0 Å². The minimum absolute atomic E-state index is 0.281. The lowest BCUT2D eigenvalue weighted by Gasteiger charge is -2.12. The van der Waals surface area contributed by atoms with Crippen molar-refractivity contribution in [1.29, 1.82) is 0 Å². The van der Waals surface area contributed by atoms with E-state index in [2.05, 4.69) is 30.9 Å². The Labute approximate surface area is 96.8 Å². The van der Waals surface area contributed by atoms with Crippen molar-refractivity contribution >= 4 is 11.6 Å². The number of hydrogen-bond donors (Lipinski definition) is 0. The number of aryl methyl sites for hydroxylation is 2. The third kappa shape index (κ3) is 3.82. The number of alkyl halides is 1. The minimum Gasteiger partial charge on any atom is -0.250 e. The van der Waals surface area contributed by atoms with E-state index >= 15 is 0 Å². The molecular weight excluding hydrogens is 210 g/mol. The fourth-order valence-corrected chi connectivity index (χ4v) is 1.69. The van der Waals surface area contributed by atoms with Crippen LogP contribution in [0.15, 0.2) is 6.33 Å². The van der Waals surface area contributed by atoms with E-state index in [9.17, 15) is 0 Å². The largest absolute Gasteiger partial charge is 0.250 e. The summed E-state index contributed by atoms with van der Waals surface area (Å²) < 4.78 is 1.94. The van der Waals surface area contributed by atoms with Crippen LogP contribution in [0.2, 0.25) is 0 Å². The van der Waals surface area contributed by atoms with E-state index < -0.39 is 0 Å². The Morgan fingerprint density at radius 3 is 2.80 bits per heavy atom. The van der Waals surface area contributed by atoms with Gasteiger partial charge in [-0.05, 0) is 25.7 Å². The molecule has 1 aromatic heterocycles. The van der Waals surface area contributed by atoms with Crippen LogP contribution >= 0.6 is 11.6 Å². The highest BCUT2D eigenvalue weighted by atomic mass is 35.5. The molecule has 3 nitrogen and oxygen atoms in total. The summed E-state index contributed by atoms with van der Waals surface area (Å²) in [6.07, 6.45) is 4.74. The van der Waals surface area contributed by atoms with Crippen LogP contribution in [-0.2, 0) is 13.0 Å². The lowest BCUT2D eigenvalue weighted by atomic mass is 10.0. The molecule has 0 aliphatic rings. The van der Waals surface area contributed by atoms with Crippen LogP contribution in [0.5, 0.6) is 0 Å². The molecule has 1 unspecified atom stereocenters. The molecule has 0 bridgehead atoms. The topological polar surface area (TPSA) is 30.7 Å². The lowest BCUT2D eigenvalue weighted by molar-refractivity contribution is 0.531. The quantitative estimate of drug-likeness (QED) is 0.703. The zero-order valence-electron chi connectivity index (χ0n) is 9.78. The van der Waals surface area contributed by atoms with Crippen LogP contribution in [0.25, 0.3) is 0 Å². The first kappa shape index (κ1) is 12.5. The smallest absolute Gasteiger partial charge is 0.138 e. The van der Waals surface area contributed by atoms with E-state index in [4.69, 9.17) is 11.6 Å². The van der Waals surface area contributed by atoms with E-state index in [1.807, 2.05) is 4.68 Å². The van der Waals surface area contributed by atoms with Gasteiger partial charge in [0, 0.05) is 18.3 Å². The summed E-state index contributed by atoms with van der Waals surface area (Å²) in [6.45, 7) is 7.29. The number of halogens is 1. The normalized spacial score (nSPS) is 13.4. The van der Waals surface area contributed by atoms with Gasteiger partial charge in [-0.1, -0.05) is 13.8 Å². The molecular formula is C11H20ClN3. The molecule has 0 amide bonds. The molecule has 4 heteroatoms. The zero-order chi connectivity index (χ0) is 11.3. The average molecular weight is 230 g/mol. The van der Waals surface area contributed by atoms with E-state index in [0.717, 1.165) is 31.6 Å². The van der Waals surface area contributed by atoms with Crippen molar-refractivity contribution in [3.05, 3.63) is 12.2 Å². The van der Waals surface area contributed by atoms with Crippen LogP contribution in [-0.4, -0.2) is 20.1 Å². The average Bonchev–Trinajstić information content (AvgIpc) is 2.65. The Hall–Kier alpha value is -0.570. The van der Waals surface area contributed by atoms with Gasteiger partial charge in [0.1, 0.15) is 12.2 Å². The maximum Gasteiger partial charge on any atom is 0.138 e. The second-order valence-electron chi connectivity index (χ2n) is 4.14. The van der Waals surface area contributed by atoms with Crippen molar-refractivity contribution in [3.8, 4) is 0 Å². The molecule has 1 atom stereocenters. The predicted molar refractivity (Wildman–Crippen MR) is 63.1 cm³/mol. The highest BCUT2D eigenvalue weighted by Gasteiger charge is 2.10. The second kappa shape index (κ2) is 6.11. The van der Waals surface area contributed by atoms with Crippen molar-refractivity contribution < 1.29 is 0 Å². The van der Waals surface area contributed by atoms with Gasteiger partial charge in [0.15, 0.2) is 0 Å². The first-order chi connectivity index (χ1) is 7.15. The van der Waals surface area contributed by atoms with Gasteiger partial charge in [-0.3, -0.25) is 4.68 Å². The van der Waals surface area contributed by atoms with Gasteiger partial charge in [-0.15, -0.1) is 11.6 Å². The maximum absolute atomic E-state index is 6.19. The minimum atomic E-state index is 0.281. The van der Waals surface area contributed by atoms with E-state index in [0.29, 0.717) is 5.92 Å². The Bertz CT molecular complexity index is 283. The number of rotatable bonds is 6. The molecule has 0 aliphatic heterocycles. The molecule has 1 aromatic rings. The van der Waals surface area contributed by atoms with Crippen molar-refractivity contribution in [2.24, 2.45) is 5.92 Å². The number of hydrogen-bond acceptors (Lipinski definition) is 2. The van der Waals surface area contributed by atoms with Crippen molar-refractivity contribution in [1.82, 2.24) is 14.8 Å². The summed E-state index contributed by atoms with van der Waals surface area (Å²) in [5, 5.41) is 4.42. The van der Waals surface area contributed by atoms with Crippen molar-refractivity contribution in [3.63, 3.8) is 0 Å². The zero-order valence-corrected chi connectivity index (χ0v) is 10.5. The van der Waals surface area contributed by atoms with E-state index in [-0.39, 0.29) is 5.38 Å². The standard InChI is InChI=1S/C11H20ClN3/c1-4-15-11(13-8-14-15)7-5-6-10(12)9(2)3/h8-10H,4-7H2,1-3H3. The summed E-state index contributed by atoms with van der Waals surface area (Å²) in [5.74, 6) is 1.63. The van der Waals surface area contributed by atoms with Gasteiger partial charge in [-0.25, -0.2) is 4.98 Å². The summed E-state index contributed by atoms with van der Waals surface area (Å²) in [6, 6.07) is 0. The fraction of sp³-hybridized carbons (Fsp3) is 0.818. The molecule has 86 valence electrons. The molecule has 0 aromatic carbocycles.